The fraction of sp³-hybridized carbons (Fsp3) is 0.364. The molecule has 1 aromatic rings. The largest absolute Gasteiger partial charge is 0.396 e. The van der Waals surface area contributed by atoms with Crippen molar-refractivity contribution in [3.63, 3.8) is 0 Å². The second kappa shape index (κ2) is 4.49. The zero-order valence-corrected chi connectivity index (χ0v) is 8.87. The lowest BCUT2D eigenvalue weighted by Gasteiger charge is -2.27. The summed E-state index contributed by atoms with van der Waals surface area (Å²) < 4.78 is 12.9. The van der Waals surface area contributed by atoms with Gasteiger partial charge in [-0.3, -0.25) is 4.79 Å². The smallest absolute Gasteiger partial charge is 0.254 e. The Balaban J connectivity index is 2.16. The lowest BCUT2D eigenvalue weighted by molar-refractivity contribution is 0.0736. The summed E-state index contributed by atoms with van der Waals surface area (Å²) in [4.78, 5) is 13.7. The van der Waals surface area contributed by atoms with Crippen molar-refractivity contribution in [2.24, 2.45) is 0 Å². The van der Waals surface area contributed by atoms with Crippen LogP contribution in [0.25, 0.3) is 0 Å². The summed E-state index contributed by atoms with van der Waals surface area (Å²) in [7, 11) is 0. The fourth-order valence-electron chi connectivity index (χ4n) is 1.73. The lowest BCUT2D eigenvalue weighted by atomic mass is 10.1. The predicted molar refractivity (Wildman–Crippen MR) is 59.6 cm³/mol. The highest BCUT2D eigenvalue weighted by Gasteiger charge is 2.18. The molecule has 16 heavy (non-hydrogen) atoms. The quantitative estimate of drug-likeness (QED) is 0.680. The number of nitrogens with zero attached hydrogens (tertiary/aromatic N) is 1. The van der Waals surface area contributed by atoms with Gasteiger partial charge in [-0.2, -0.15) is 0 Å². The van der Waals surface area contributed by atoms with E-state index in [4.69, 9.17) is 5.73 Å². The van der Waals surface area contributed by atoms with E-state index in [1.807, 2.05) is 0 Å². The molecule has 0 saturated carbocycles. The van der Waals surface area contributed by atoms with Gasteiger partial charge >= 0.3 is 0 Å². The molecule has 4 nitrogen and oxygen atoms in total. The van der Waals surface area contributed by atoms with E-state index in [2.05, 4.69) is 5.32 Å². The molecule has 0 bridgehead atoms. The molecule has 0 unspecified atom stereocenters. The highest BCUT2D eigenvalue weighted by molar-refractivity contribution is 5.95. The molecule has 1 heterocycles. The van der Waals surface area contributed by atoms with Crippen LogP contribution >= 0.6 is 0 Å². The van der Waals surface area contributed by atoms with Crippen LogP contribution in [0.5, 0.6) is 0 Å². The highest BCUT2D eigenvalue weighted by atomic mass is 19.1. The van der Waals surface area contributed by atoms with Crippen LogP contribution in [0.3, 0.4) is 0 Å². The molecule has 1 aliphatic heterocycles. The van der Waals surface area contributed by atoms with Gasteiger partial charge in [-0.05, 0) is 18.2 Å². The molecule has 0 aliphatic carbocycles. The Labute approximate surface area is 93.2 Å². The van der Waals surface area contributed by atoms with Crippen molar-refractivity contribution < 1.29 is 9.18 Å². The van der Waals surface area contributed by atoms with Crippen molar-refractivity contribution in [1.29, 1.82) is 0 Å². The van der Waals surface area contributed by atoms with E-state index < -0.39 is 5.82 Å². The number of amides is 1. The minimum Gasteiger partial charge on any atom is -0.396 e. The summed E-state index contributed by atoms with van der Waals surface area (Å²) in [5.74, 6) is -0.579. The SMILES string of the molecule is Nc1cc(C(=O)N2CCNCC2)ccc1F. The van der Waals surface area contributed by atoms with Crippen molar-refractivity contribution in [3.05, 3.63) is 29.6 Å². The van der Waals surface area contributed by atoms with Crippen LogP contribution in [-0.2, 0) is 0 Å². The number of carbonyl (C=O) groups is 1. The minimum atomic E-state index is -0.489. The van der Waals surface area contributed by atoms with Crippen molar-refractivity contribution in [2.45, 2.75) is 0 Å². The third-order valence-corrected chi connectivity index (χ3v) is 2.65. The number of carbonyl (C=O) groups excluding carboxylic acids is 1. The normalized spacial score (nSPS) is 16.2. The van der Waals surface area contributed by atoms with Gasteiger partial charge in [0.25, 0.3) is 5.91 Å². The zero-order valence-electron chi connectivity index (χ0n) is 8.87. The number of nitrogens with two attached hydrogens (primary N) is 1. The molecule has 0 atom stereocenters. The number of nitrogens with one attached hydrogen (secondary N) is 1. The highest BCUT2D eigenvalue weighted by Crippen LogP contribution is 2.14. The zero-order chi connectivity index (χ0) is 11.5. The van der Waals surface area contributed by atoms with Crippen LogP contribution in [0.1, 0.15) is 10.4 Å². The Hall–Kier alpha value is -1.62. The molecule has 2 rings (SSSR count). The molecule has 3 N–H and O–H groups in total. The Morgan fingerprint density at radius 1 is 1.38 bits per heavy atom. The number of hydrogen-bond donors (Lipinski definition) is 2. The first-order chi connectivity index (χ1) is 7.68. The number of halogens is 1. The fourth-order valence-corrected chi connectivity index (χ4v) is 1.73. The average molecular weight is 223 g/mol. The summed E-state index contributed by atoms with van der Waals surface area (Å²) in [5, 5.41) is 3.16. The monoisotopic (exact) mass is 223 g/mol. The van der Waals surface area contributed by atoms with Crippen LogP contribution in [0.2, 0.25) is 0 Å². The van der Waals surface area contributed by atoms with Crippen molar-refractivity contribution >= 4 is 11.6 Å². The van der Waals surface area contributed by atoms with E-state index >= 15 is 0 Å². The summed E-state index contributed by atoms with van der Waals surface area (Å²) in [5.41, 5.74) is 5.89. The van der Waals surface area contributed by atoms with Gasteiger partial charge in [0, 0.05) is 31.7 Å². The Morgan fingerprint density at radius 3 is 2.69 bits per heavy atom. The van der Waals surface area contributed by atoms with Crippen LogP contribution in [-0.4, -0.2) is 37.0 Å². The maximum atomic E-state index is 12.9. The Morgan fingerprint density at radius 2 is 2.06 bits per heavy atom. The summed E-state index contributed by atoms with van der Waals surface area (Å²) in [6.07, 6.45) is 0. The summed E-state index contributed by atoms with van der Waals surface area (Å²) in [6.45, 7) is 2.94. The molecular weight excluding hydrogens is 209 g/mol. The first-order valence-electron chi connectivity index (χ1n) is 5.23. The van der Waals surface area contributed by atoms with Crippen LogP contribution in [0, 0.1) is 5.82 Å². The number of nitrogen functional groups attached to an aromatic ring is 1. The molecule has 1 amide bonds. The first kappa shape index (κ1) is 10.9. The molecule has 5 heteroatoms. The van der Waals surface area contributed by atoms with Gasteiger partial charge in [-0.15, -0.1) is 0 Å². The van der Waals surface area contributed by atoms with E-state index in [-0.39, 0.29) is 11.6 Å². The summed E-state index contributed by atoms with van der Waals surface area (Å²) >= 11 is 0. The second-order valence-corrected chi connectivity index (χ2v) is 3.78. The van der Waals surface area contributed by atoms with Crippen molar-refractivity contribution in [1.82, 2.24) is 10.2 Å². The van der Waals surface area contributed by atoms with E-state index in [0.29, 0.717) is 18.7 Å². The van der Waals surface area contributed by atoms with Gasteiger partial charge in [-0.25, -0.2) is 4.39 Å². The maximum Gasteiger partial charge on any atom is 0.254 e. The third-order valence-electron chi connectivity index (χ3n) is 2.65. The Kier molecular flexibility index (Phi) is 3.05. The van der Waals surface area contributed by atoms with Crippen LogP contribution < -0.4 is 11.1 Å². The van der Waals surface area contributed by atoms with E-state index in [0.717, 1.165) is 13.1 Å². The predicted octanol–water partition coefficient (Wildman–Crippen LogP) is 0.453. The van der Waals surface area contributed by atoms with Gasteiger partial charge in [0.2, 0.25) is 0 Å². The molecular formula is C11H14FN3O. The second-order valence-electron chi connectivity index (χ2n) is 3.78. The van der Waals surface area contributed by atoms with Gasteiger partial charge in [-0.1, -0.05) is 0 Å². The number of benzene rings is 1. The first-order valence-corrected chi connectivity index (χ1v) is 5.23. The molecule has 1 aromatic carbocycles. The molecule has 1 fully saturated rings. The standard InChI is InChI=1S/C11H14FN3O/c12-9-2-1-8(7-10(9)13)11(16)15-5-3-14-4-6-15/h1-2,7,14H,3-6,13H2. The van der Waals surface area contributed by atoms with Gasteiger partial charge in [0.1, 0.15) is 5.82 Å². The average Bonchev–Trinajstić information content (AvgIpc) is 2.33. The third kappa shape index (κ3) is 2.14. The van der Waals surface area contributed by atoms with E-state index in [1.54, 1.807) is 4.90 Å². The molecule has 0 aromatic heterocycles. The molecule has 0 radical (unpaired) electrons. The van der Waals surface area contributed by atoms with Gasteiger partial charge in [0.05, 0.1) is 5.69 Å². The molecule has 1 aliphatic rings. The molecule has 1 saturated heterocycles. The topological polar surface area (TPSA) is 58.4 Å². The number of rotatable bonds is 1. The number of anilines is 1. The van der Waals surface area contributed by atoms with Crippen molar-refractivity contribution in [2.75, 3.05) is 31.9 Å². The maximum absolute atomic E-state index is 12.9. The van der Waals surface area contributed by atoms with Crippen LogP contribution in [0.4, 0.5) is 10.1 Å². The lowest BCUT2D eigenvalue weighted by Crippen LogP contribution is -2.46. The van der Waals surface area contributed by atoms with E-state index in [9.17, 15) is 9.18 Å². The van der Waals surface area contributed by atoms with E-state index in [1.165, 1.54) is 18.2 Å². The minimum absolute atomic E-state index is 0.0148. The summed E-state index contributed by atoms with van der Waals surface area (Å²) in [6, 6.07) is 4.08. The van der Waals surface area contributed by atoms with Gasteiger partial charge < -0.3 is 16.0 Å². The van der Waals surface area contributed by atoms with Crippen LogP contribution in [0.15, 0.2) is 18.2 Å². The Bertz CT molecular complexity index is 402. The number of hydrogen-bond acceptors (Lipinski definition) is 3. The van der Waals surface area contributed by atoms with Gasteiger partial charge in [0.15, 0.2) is 0 Å². The number of piperazine rings is 1. The molecule has 86 valence electrons. The van der Waals surface area contributed by atoms with Crippen molar-refractivity contribution in [3.8, 4) is 0 Å². The molecule has 0 spiro atoms.